The van der Waals surface area contributed by atoms with E-state index in [4.69, 9.17) is 4.74 Å². The molecule has 1 aliphatic heterocycles. The van der Waals surface area contributed by atoms with Crippen molar-refractivity contribution in [3.05, 3.63) is 71.3 Å². The molecule has 1 heterocycles. The molecule has 1 fully saturated rings. The van der Waals surface area contributed by atoms with Crippen molar-refractivity contribution in [2.24, 2.45) is 0 Å². The molecule has 0 radical (unpaired) electrons. The smallest absolute Gasteiger partial charge is 0.344 e. The number of carboxylic acid groups (broad SMARTS) is 1. The third kappa shape index (κ3) is 0.992. The summed E-state index contributed by atoms with van der Waals surface area (Å²) < 4.78 is 5.57. The maximum Gasteiger partial charge on any atom is 0.344 e. The molecule has 1 saturated heterocycles. The predicted molar refractivity (Wildman–Crippen MR) is 69.3 cm³/mol. The van der Waals surface area contributed by atoms with Crippen LogP contribution in [0.25, 0.3) is 0 Å². The average molecular weight is 266 g/mol. The molecule has 0 bridgehead atoms. The van der Waals surface area contributed by atoms with E-state index in [2.05, 4.69) is 0 Å². The van der Waals surface area contributed by atoms with Crippen LogP contribution in [0.15, 0.2) is 54.6 Å². The highest BCUT2D eigenvalue weighted by Crippen LogP contribution is 2.68. The molecule has 0 amide bonds. The minimum absolute atomic E-state index is 0.276. The third-order valence-corrected chi connectivity index (χ3v) is 4.11. The molecule has 2 atom stereocenters. The Kier molecular flexibility index (Phi) is 1.90. The second kappa shape index (κ2) is 3.35. The number of benzene rings is 2. The highest BCUT2D eigenvalue weighted by Gasteiger charge is 2.85. The van der Waals surface area contributed by atoms with Gasteiger partial charge in [-0.3, -0.25) is 4.79 Å². The summed E-state index contributed by atoms with van der Waals surface area (Å²) in [6.45, 7) is 0. The lowest BCUT2D eigenvalue weighted by molar-refractivity contribution is -0.143. The fourth-order valence-electron chi connectivity index (χ4n) is 3.21. The van der Waals surface area contributed by atoms with Gasteiger partial charge in [0.2, 0.25) is 17.0 Å². The van der Waals surface area contributed by atoms with E-state index in [-0.39, 0.29) is 5.78 Å². The Morgan fingerprint density at radius 1 is 1.00 bits per heavy atom. The van der Waals surface area contributed by atoms with E-state index in [1.54, 1.807) is 48.5 Å². The van der Waals surface area contributed by atoms with Crippen molar-refractivity contribution in [1.29, 1.82) is 0 Å². The van der Waals surface area contributed by atoms with Crippen LogP contribution < -0.4 is 0 Å². The Bertz CT molecular complexity index is 752. The van der Waals surface area contributed by atoms with Crippen molar-refractivity contribution in [2.75, 3.05) is 0 Å². The molecule has 20 heavy (non-hydrogen) atoms. The average Bonchev–Trinajstić information content (AvgIpc) is 3.15. The van der Waals surface area contributed by atoms with E-state index in [0.29, 0.717) is 16.7 Å². The van der Waals surface area contributed by atoms with E-state index in [1.807, 2.05) is 6.07 Å². The first-order chi connectivity index (χ1) is 9.64. The van der Waals surface area contributed by atoms with Gasteiger partial charge in [0.15, 0.2) is 0 Å². The molecule has 0 saturated carbocycles. The monoisotopic (exact) mass is 266 g/mol. The van der Waals surface area contributed by atoms with Gasteiger partial charge in [-0.2, -0.15) is 0 Å². The molecule has 4 heteroatoms. The lowest BCUT2D eigenvalue weighted by Crippen LogP contribution is -2.29. The molecule has 4 nitrogen and oxygen atoms in total. The zero-order valence-corrected chi connectivity index (χ0v) is 10.4. The highest BCUT2D eigenvalue weighted by molar-refractivity contribution is 6.17. The number of fused-ring (bicyclic) bond motifs is 3. The Hall–Kier alpha value is -2.46. The molecule has 98 valence electrons. The molecule has 2 aliphatic rings. The van der Waals surface area contributed by atoms with Crippen molar-refractivity contribution in [3.63, 3.8) is 0 Å². The van der Waals surface area contributed by atoms with Gasteiger partial charge in [-0.15, -0.1) is 0 Å². The van der Waals surface area contributed by atoms with Gasteiger partial charge >= 0.3 is 5.97 Å². The molecule has 4 rings (SSSR count). The number of hydrogen-bond donors (Lipinski definition) is 1. The highest BCUT2D eigenvalue weighted by atomic mass is 16.7. The summed E-state index contributed by atoms with van der Waals surface area (Å²) in [5.41, 5.74) is -1.50. The third-order valence-electron chi connectivity index (χ3n) is 4.11. The summed E-state index contributed by atoms with van der Waals surface area (Å²) in [6.07, 6.45) is 0. The lowest BCUT2D eigenvalue weighted by Gasteiger charge is -2.08. The van der Waals surface area contributed by atoms with E-state index >= 15 is 0 Å². The standard InChI is InChI=1S/C16H10O4/c17-13-11-8-4-5-9-12(11)16(14(18)19)15(13,20-16)10-6-2-1-3-7-10/h1-9H,(H,18,19)/t15-,16+/m1/s1. The van der Waals surface area contributed by atoms with Crippen LogP contribution in [0.5, 0.6) is 0 Å². The summed E-state index contributed by atoms with van der Waals surface area (Å²) in [4.78, 5) is 24.5. The molecular weight excluding hydrogens is 256 g/mol. The topological polar surface area (TPSA) is 66.9 Å². The first-order valence-corrected chi connectivity index (χ1v) is 6.28. The Labute approximate surface area is 114 Å². The first kappa shape index (κ1) is 11.4. The number of ketones is 1. The Morgan fingerprint density at radius 2 is 1.65 bits per heavy atom. The Morgan fingerprint density at radius 3 is 2.35 bits per heavy atom. The number of hydrogen-bond acceptors (Lipinski definition) is 3. The van der Waals surface area contributed by atoms with Crippen molar-refractivity contribution >= 4 is 11.8 Å². The van der Waals surface area contributed by atoms with E-state index in [0.717, 1.165) is 0 Å². The number of rotatable bonds is 2. The summed E-state index contributed by atoms with van der Waals surface area (Å²) >= 11 is 0. The molecule has 0 spiro atoms. The van der Waals surface area contributed by atoms with E-state index in [1.165, 1.54) is 0 Å². The largest absolute Gasteiger partial charge is 0.479 e. The van der Waals surface area contributed by atoms with Crippen molar-refractivity contribution in [1.82, 2.24) is 0 Å². The van der Waals surface area contributed by atoms with Gasteiger partial charge in [-0.1, -0.05) is 54.6 Å². The number of carbonyl (C=O) groups excluding carboxylic acids is 1. The van der Waals surface area contributed by atoms with Gasteiger partial charge in [0, 0.05) is 11.1 Å². The second-order valence-corrected chi connectivity index (χ2v) is 5.01. The van der Waals surface area contributed by atoms with Crippen LogP contribution >= 0.6 is 0 Å². The van der Waals surface area contributed by atoms with Gasteiger partial charge in [0.1, 0.15) is 0 Å². The molecule has 2 aromatic rings. The number of Topliss-reactive ketones (excluding diaryl/α,β-unsaturated/α-hetero) is 1. The van der Waals surface area contributed by atoms with Gasteiger partial charge < -0.3 is 9.84 Å². The molecular formula is C16H10O4. The fourth-order valence-corrected chi connectivity index (χ4v) is 3.21. The molecule has 0 aromatic heterocycles. The summed E-state index contributed by atoms with van der Waals surface area (Å²) in [7, 11) is 0. The van der Waals surface area contributed by atoms with Gasteiger partial charge in [-0.25, -0.2) is 4.79 Å². The zero-order valence-electron chi connectivity index (χ0n) is 10.4. The van der Waals surface area contributed by atoms with E-state index in [9.17, 15) is 14.7 Å². The minimum Gasteiger partial charge on any atom is -0.479 e. The van der Waals surface area contributed by atoms with Crippen LogP contribution in [0.3, 0.4) is 0 Å². The molecule has 1 N–H and O–H groups in total. The normalized spacial score (nSPS) is 29.7. The molecule has 2 aromatic carbocycles. The number of aliphatic carboxylic acids is 1. The fraction of sp³-hybridized carbons (Fsp3) is 0.125. The minimum atomic E-state index is -1.57. The Balaban J connectivity index is 2.02. The quantitative estimate of drug-likeness (QED) is 0.845. The SMILES string of the molecule is O=C(O)[C@]12O[C@]1(c1ccccc1)C(=O)c1ccccc12. The van der Waals surface area contributed by atoms with Crippen LogP contribution in [0.2, 0.25) is 0 Å². The number of ether oxygens (including phenoxy) is 1. The lowest BCUT2D eigenvalue weighted by atomic mass is 9.86. The summed E-state index contributed by atoms with van der Waals surface area (Å²) in [6, 6.07) is 15.6. The van der Waals surface area contributed by atoms with Crippen molar-refractivity contribution in [3.8, 4) is 0 Å². The predicted octanol–water partition coefficient (Wildman–Crippen LogP) is 2.09. The number of carbonyl (C=O) groups is 2. The van der Waals surface area contributed by atoms with Crippen LogP contribution in [0, 0.1) is 0 Å². The zero-order chi connectivity index (χ0) is 14.0. The van der Waals surface area contributed by atoms with Crippen LogP contribution in [-0.2, 0) is 20.7 Å². The van der Waals surface area contributed by atoms with Crippen LogP contribution in [0.1, 0.15) is 21.5 Å². The summed E-state index contributed by atoms with van der Waals surface area (Å²) in [5, 5.41) is 9.63. The van der Waals surface area contributed by atoms with Gasteiger partial charge in [-0.05, 0) is 5.56 Å². The number of epoxide rings is 1. The first-order valence-electron chi connectivity index (χ1n) is 6.28. The van der Waals surface area contributed by atoms with Crippen LogP contribution in [0.4, 0.5) is 0 Å². The van der Waals surface area contributed by atoms with Crippen molar-refractivity contribution < 1.29 is 19.4 Å². The molecule has 0 unspecified atom stereocenters. The van der Waals surface area contributed by atoms with Crippen LogP contribution in [-0.4, -0.2) is 16.9 Å². The summed E-state index contributed by atoms with van der Waals surface area (Å²) in [5.74, 6) is -1.40. The second-order valence-electron chi connectivity index (χ2n) is 5.01. The van der Waals surface area contributed by atoms with E-state index < -0.39 is 17.2 Å². The molecule has 1 aliphatic carbocycles. The van der Waals surface area contributed by atoms with Crippen molar-refractivity contribution in [2.45, 2.75) is 11.2 Å². The number of carboxylic acids is 1. The maximum atomic E-state index is 12.7. The van der Waals surface area contributed by atoms with Gasteiger partial charge in [0.25, 0.3) is 0 Å². The maximum absolute atomic E-state index is 12.7. The van der Waals surface area contributed by atoms with Gasteiger partial charge in [0.05, 0.1) is 0 Å².